The molecular weight excluding hydrogens is 458 g/mol. The topological polar surface area (TPSA) is 91.6 Å². The van der Waals surface area contributed by atoms with Gasteiger partial charge in [0.05, 0.1) is 30.1 Å². The van der Waals surface area contributed by atoms with Gasteiger partial charge in [-0.2, -0.15) is 5.10 Å². The van der Waals surface area contributed by atoms with E-state index in [0.717, 1.165) is 48.4 Å². The smallest absolute Gasteiger partial charge is 0.257 e. The van der Waals surface area contributed by atoms with Crippen molar-refractivity contribution < 1.29 is 19.0 Å². The van der Waals surface area contributed by atoms with Crippen LogP contribution in [0.3, 0.4) is 0 Å². The van der Waals surface area contributed by atoms with Gasteiger partial charge in [-0.15, -0.1) is 10.2 Å². The second-order valence-electron chi connectivity index (χ2n) is 9.90. The lowest BCUT2D eigenvalue weighted by atomic mass is 9.71. The van der Waals surface area contributed by atoms with Crippen LogP contribution in [-0.2, 0) is 5.41 Å². The summed E-state index contributed by atoms with van der Waals surface area (Å²) in [5.41, 5.74) is 3.73. The van der Waals surface area contributed by atoms with E-state index in [9.17, 15) is 4.79 Å². The number of nitrogens with zero attached hydrogens (tertiary/aromatic N) is 5. The van der Waals surface area contributed by atoms with E-state index in [4.69, 9.17) is 14.2 Å². The maximum Gasteiger partial charge on any atom is 0.257 e. The fourth-order valence-corrected chi connectivity index (χ4v) is 6.01. The molecule has 3 aromatic rings. The molecule has 0 N–H and O–H groups in total. The van der Waals surface area contributed by atoms with Crippen LogP contribution in [0.1, 0.15) is 72.8 Å². The van der Waals surface area contributed by atoms with Crippen molar-refractivity contribution >= 4 is 5.91 Å². The minimum absolute atomic E-state index is 0.0167. The molecule has 2 aliphatic heterocycles. The van der Waals surface area contributed by atoms with Crippen molar-refractivity contribution in [2.24, 2.45) is 0 Å². The van der Waals surface area contributed by atoms with Gasteiger partial charge in [-0.25, -0.2) is 4.68 Å². The van der Waals surface area contributed by atoms with Crippen LogP contribution in [0.25, 0.3) is 5.82 Å². The van der Waals surface area contributed by atoms with E-state index in [-0.39, 0.29) is 17.4 Å². The number of carbonyl (C=O) groups is 1. The molecule has 0 radical (unpaired) electrons. The Bertz CT molecular complexity index is 1300. The molecule has 1 saturated carbocycles. The maximum absolute atomic E-state index is 14.0. The fraction of sp³-hybridized carbons (Fsp3) is 0.481. The third-order valence-electron chi connectivity index (χ3n) is 7.87. The van der Waals surface area contributed by atoms with E-state index in [2.05, 4.69) is 34.4 Å². The molecule has 1 fully saturated rings. The van der Waals surface area contributed by atoms with E-state index in [0.29, 0.717) is 43.6 Å². The lowest BCUT2D eigenvalue weighted by Gasteiger charge is -2.46. The molecule has 1 aliphatic carbocycles. The van der Waals surface area contributed by atoms with Crippen LogP contribution < -0.4 is 14.2 Å². The van der Waals surface area contributed by atoms with E-state index in [1.807, 2.05) is 18.7 Å². The Labute approximate surface area is 210 Å². The third kappa shape index (κ3) is 3.60. The highest BCUT2D eigenvalue weighted by Gasteiger charge is 2.46. The average molecular weight is 490 g/mol. The van der Waals surface area contributed by atoms with Gasteiger partial charge >= 0.3 is 0 Å². The number of aromatic nitrogens is 4. The highest BCUT2D eigenvalue weighted by atomic mass is 16.6. The summed E-state index contributed by atoms with van der Waals surface area (Å²) in [6.45, 7) is 8.22. The van der Waals surface area contributed by atoms with E-state index in [1.54, 1.807) is 23.0 Å². The number of carbonyl (C=O) groups excluding carboxylic acids is 1. The summed E-state index contributed by atoms with van der Waals surface area (Å²) in [5.74, 6) is 2.58. The lowest BCUT2D eigenvalue weighted by molar-refractivity contribution is 0.0592. The van der Waals surface area contributed by atoms with E-state index in [1.165, 1.54) is 5.56 Å². The molecule has 2 aromatic heterocycles. The van der Waals surface area contributed by atoms with Crippen LogP contribution in [0.15, 0.2) is 30.5 Å². The Balaban J connectivity index is 1.35. The molecule has 0 saturated heterocycles. The average Bonchev–Trinajstić information content (AvgIpc) is 3.53. The zero-order valence-electron chi connectivity index (χ0n) is 21.0. The minimum atomic E-state index is -0.0948. The van der Waals surface area contributed by atoms with E-state index < -0.39 is 0 Å². The van der Waals surface area contributed by atoms with Crippen molar-refractivity contribution in [3.05, 3.63) is 52.8 Å². The molecule has 3 aliphatic rings. The Hall–Kier alpha value is -3.62. The number of ether oxygens (including phenoxy) is 3. The van der Waals surface area contributed by atoms with Gasteiger partial charge in [0.25, 0.3) is 5.91 Å². The summed E-state index contributed by atoms with van der Waals surface area (Å²) in [6, 6.07) is 7.74. The summed E-state index contributed by atoms with van der Waals surface area (Å²) >= 11 is 0. The largest absolute Gasteiger partial charge is 0.486 e. The molecule has 1 spiro atoms. The van der Waals surface area contributed by atoms with Gasteiger partial charge < -0.3 is 19.1 Å². The summed E-state index contributed by atoms with van der Waals surface area (Å²) in [4.78, 5) is 16.0. The summed E-state index contributed by atoms with van der Waals surface area (Å²) in [7, 11) is 0. The second kappa shape index (κ2) is 8.80. The second-order valence-corrected chi connectivity index (χ2v) is 9.90. The molecule has 0 bridgehead atoms. The van der Waals surface area contributed by atoms with Gasteiger partial charge in [0.1, 0.15) is 13.2 Å². The SMILES string of the molecule is CCOc1ccc(-n2ncc(C(=O)N3CC4(CCCC4)c4cc5c(cc4C3C)OCCO5)c2C)nn1. The predicted molar refractivity (Wildman–Crippen MR) is 132 cm³/mol. The highest BCUT2D eigenvalue weighted by molar-refractivity contribution is 5.96. The van der Waals surface area contributed by atoms with Crippen LogP contribution in [0.4, 0.5) is 0 Å². The normalized spacial score (nSPS) is 19.9. The summed E-state index contributed by atoms with van der Waals surface area (Å²) in [5, 5.41) is 12.8. The molecule has 1 atom stereocenters. The first-order valence-corrected chi connectivity index (χ1v) is 12.8. The Morgan fingerprint density at radius 1 is 1.14 bits per heavy atom. The van der Waals surface area contributed by atoms with Crippen molar-refractivity contribution in [3.8, 4) is 23.2 Å². The van der Waals surface area contributed by atoms with Crippen molar-refractivity contribution in [1.82, 2.24) is 24.9 Å². The number of hydrogen-bond donors (Lipinski definition) is 0. The molecule has 1 unspecified atom stereocenters. The Morgan fingerprint density at radius 3 is 2.58 bits per heavy atom. The first-order valence-electron chi connectivity index (χ1n) is 12.8. The van der Waals surface area contributed by atoms with Crippen molar-refractivity contribution in [1.29, 1.82) is 0 Å². The first kappa shape index (κ1) is 22.8. The fourth-order valence-electron chi connectivity index (χ4n) is 6.01. The molecule has 4 heterocycles. The van der Waals surface area contributed by atoms with Crippen LogP contribution in [0.2, 0.25) is 0 Å². The van der Waals surface area contributed by atoms with E-state index >= 15 is 0 Å². The molecule has 1 amide bonds. The van der Waals surface area contributed by atoms with Crippen LogP contribution in [0.5, 0.6) is 17.4 Å². The number of fused-ring (bicyclic) bond motifs is 3. The number of amides is 1. The summed E-state index contributed by atoms with van der Waals surface area (Å²) < 4.78 is 18.9. The van der Waals surface area contributed by atoms with Crippen molar-refractivity contribution in [3.63, 3.8) is 0 Å². The van der Waals surface area contributed by atoms with Crippen LogP contribution in [0, 0.1) is 6.92 Å². The quantitative estimate of drug-likeness (QED) is 0.543. The molecule has 9 heteroatoms. The number of hydrogen-bond acceptors (Lipinski definition) is 7. The number of benzene rings is 1. The summed E-state index contributed by atoms with van der Waals surface area (Å²) in [6.07, 6.45) is 6.10. The first-order chi connectivity index (χ1) is 17.5. The molecule has 188 valence electrons. The minimum Gasteiger partial charge on any atom is -0.486 e. The molecule has 1 aromatic carbocycles. The molecular formula is C27H31N5O4. The Kier molecular flexibility index (Phi) is 5.58. The molecule has 36 heavy (non-hydrogen) atoms. The Morgan fingerprint density at radius 2 is 1.89 bits per heavy atom. The van der Waals surface area contributed by atoms with Gasteiger partial charge in [-0.05, 0) is 62.9 Å². The molecule has 6 rings (SSSR count). The third-order valence-corrected chi connectivity index (χ3v) is 7.87. The van der Waals surface area contributed by atoms with Crippen LogP contribution in [-0.4, -0.2) is 57.2 Å². The van der Waals surface area contributed by atoms with Gasteiger partial charge in [0, 0.05) is 18.0 Å². The van der Waals surface area contributed by atoms with Crippen LogP contribution >= 0.6 is 0 Å². The standard InChI is InChI=1S/C27H31N5O4/c1-4-34-25-8-7-24(29-30-25)32-18(3)20(15-28-32)26(33)31-16-27(9-5-6-10-27)21-14-23-22(35-11-12-36-23)13-19(21)17(31)2/h7-8,13-15,17H,4-6,9-12,16H2,1-3H3. The zero-order valence-corrected chi connectivity index (χ0v) is 21.0. The van der Waals surface area contributed by atoms with Crippen molar-refractivity contribution in [2.75, 3.05) is 26.4 Å². The van der Waals surface area contributed by atoms with Gasteiger partial charge in [-0.1, -0.05) is 12.8 Å². The zero-order chi connectivity index (χ0) is 24.9. The lowest BCUT2D eigenvalue weighted by Crippen LogP contribution is -2.48. The predicted octanol–water partition coefficient (Wildman–Crippen LogP) is 4.17. The highest BCUT2D eigenvalue weighted by Crippen LogP contribution is 2.52. The maximum atomic E-state index is 14.0. The number of rotatable bonds is 4. The molecule has 9 nitrogen and oxygen atoms in total. The van der Waals surface area contributed by atoms with Gasteiger partial charge in [0.15, 0.2) is 17.3 Å². The van der Waals surface area contributed by atoms with Crippen molar-refractivity contribution in [2.45, 2.75) is 57.9 Å². The monoisotopic (exact) mass is 489 g/mol. The van der Waals surface area contributed by atoms with Gasteiger partial charge in [0.2, 0.25) is 5.88 Å². The van der Waals surface area contributed by atoms with Gasteiger partial charge in [-0.3, -0.25) is 4.79 Å².